The summed E-state index contributed by atoms with van der Waals surface area (Å²) < 4.78 is 16.8. The Morgan fingerprint density at radius 1 is 1.17 bits per heavy atom. The molecular weight excluding hydrogens is 380 g/mol. The predicted octanol–water partition coefficient (Wildman–Crippen LogP) is 4.19. The fourth-order valence-corrected chi connectivity index (χ4v) is 4.45. The number of aryl methyl sites for hydroxylation is 1. The first-order chi connectivity index (χ1) is 14.6. The number of nitrogens with zero attached hydrogens (tertiary/aromatic N) is 1. The molecule has 2 aromatic carbocycles. The molecule has 1 aromatic heterocycles. The highest BCUT2D eigenvalue weighted by molar-refractivity contribution is 5.86. The van der Waals surface area contributed by atoms with Crippen molar-refractivity contribution in [1.82, 2.24) is 9.88 Å². The summed E-state index contributed by atoms with van der Waals surface area (Å²) in [5, 5.41) is 1.13. The van der Waals surface area contributed by atoms with Gasteiger partial charge in [-0.1, -0.05) is 0 Å². The first-order valence-electron chi connectivity index (χ1n) is 10.3. The van der Waals surface area contributed by atoms with Gasteiger partial charge in [0.25, 0.3) is 0 Å². The topological polar surface area (TPSA) is 63.8 Å². The summed E-state index contributed by atoms with van der Waals surface area (Å²) in [4.78, 5) is 17.3. The Hall–Kier alpha value is -3.15. The van der Waals surface area contributed by atoms with Gasteiger partial charge in [0.05, 0.1) is 26.9 Å². The lowest BCUT2D eigenvalue weighted by Gasteiger charge is -2.35. The van der Waals surface area contributed by atoms with Crippen LogP contribution in [0.2, 0.25) is 0 Å². The third kappa shape index (κ3) is 3.47. The Labute approximate surface area is 176 Å². The Morgan fingerprint density at radius 3 is 2.70 bits per heavy atom. The molecule has 0 fully saturated rings. The number of aromatic amines is 1. The lowest BCUT2D eigenvalue weighted by atomic mass is 9.88. The van der Waals surface area contributed by atoms with E-state index < -0.39 is 0 Å². The van der Waals surface area contributed by atoms with Crippen LogP contribution in [0.3, 0.4) is 0 Å². The van der Waals surface area contributed by atoms with Gasteiger partial charge in [0.15, 0.2) is 11.5 Å². The number of carbonyl (C=O) groups excluding carboxylic acids is 1. The van der Waals surface area contributed by atoms with Crippen molar-refractivity contribution in [3.63, 3.8) is 0 Å². The molecule has 6 nitrogen and oxygen atoms in total. The van der Waals surface area contributed by atoms with Gasteiger partial charge in [0.1, 0.15) is 5.75 Å². The van der Waals surface area contributed by atoms with Crippen molar-refractivity contribution in [2.45, 2.75) is 32.7 Å². The number of fused-ring (bicyclic) bond motifs is 2. The number of methoxy groups -OCH3 is 2. The Balaban J connectivity index is 1.81. The summed E-state index contributed by atoms with van der Waals surface area (Å²) in [6.07, 6.45) is 2.47. The fraction of sp³-hybridized carbons (Fsp3) is 0.375. The van der Waals surface area contributed by atoms with Crippen LogP contribution in [0.25, 0.3) is 10.9 Å². The van der Waals surface area contributed by atoms with Crippen molar-refractivity contribution in [3.05, 3.63) is 52.7 Å². The molecule has 1 aliphatic rings. The smallest absolute Gasteiger partial charge is 0.210 e. The van der Waals surface area contributed by atoms with Gasteiger partial charge < -0.3 is 24.1 Å². The SMILES string of the molecule is CCOc1cc2c(cc1OC)CCN(C=O)[C@H]2Cc1c(C)[nH]c2ccc(OC)cc12. The molecule has 3 aromatic rings. The molecule has 0 radical (unpaired) electrons. The van der Waals surface area contributed by atoms with E-state index in [1.165, 1.54) is 11.1 Å². The normalized spacial score (nSPS) is 15.7. The zero-order chi connectivity index (χ0) is 21.3. The van der Waals surface area contributed by atoms with E-state index in [4.69, 9.17) is 14.2 Å². The first kappa shape index (κ1) is 20.1. The maximum Gasteiger partial charge on any atom is 0.210 e. The molecule has 158 valence electrons. The number of H-pyrrole nitrogens is 1. The first-order valence-corrected chi connectivity index (χ1v) is 10.3. The van der Waals surface area contributed by atoms with Crippen LogP contribution in [-0.4, -0.2) is 43.7 Å². The molecule has 1 aliphatic heterocycles. The number of nitrogens with one attached hydrogen (secondary N) is 1. The molecule has 4 rings (SSSR count). The van der Waals surface area contributed by atoms with E-state index in [2.05, 4.69) is 24.0 Å². The van der Waals surface area contributed by atoms with Crippen LogP contribution in [0.15, 0.2) is 30.3 Å². The maximum atomic E-state index is 11.9. The molecule has 0 saturated carbocycles. The summed E-state index contributed by atoms with van der Waals surface area (Å²) in [7, 11) is 3.33. The largest absolute Gasteiger partial charge is 0.497 e. The van der Waals surface area contributed by atoms with Crippen LogP contribution in [-0.2, 0) is 17.6 Å². The van der Waals surface area contributed by atoms with Crippen LogP contribution in [0.1, 0.15) is 35.3 Å². The van der Waals surface area contributed by atoms with E-state index in [0.717, 1.165) is 46.5 Å². The van der Waals surface area contributed by atoms with E-state index in [9.17, 15) is 4.79 Å². The fourth-order valence-electron chi connectivity index (χ4n) is 4.45. The molecular formula is C24H28N2O4. The third-order valence-corrected chi connectivity index (χ3v) is 5.98. The van der Waals surface area contributed by atoms with Crippen molar-refractivity contribution in [1.29, 1.82) is 0 Å². The van der Waals surface area contributed by atoms with Crippen molar-refractivity contribution in [2.24, 2.45) is 0 Å². The second kappa shape index (κ2) is 8.30. The number of benzene rings is 2. The molecule has 1 amide bonds. The van der Waals surface area contributed by atoms with E-state index in [0.29, 0.717) is 25.3 Å². The van der Waals surface area contributed by atoms with Crippen molar-refractivity contribution >= 4 is 17.3 Å². The van der Waals surface area contributed by atoms with E-state index in [1.807, 2.05) is 30.0 Å². The van der Waals surface area contributed by atoms with Gasteiger partial charge in [-0.25, -0.2) is 0 Å². The molecule has 0 bridgehead atoms. The van der Waals surface area contributed by atoms with Crippen LogP contribution < -0.4 is 14.2 Å². The monoisotopic (exact) mass is 408 g/mol. The second-order valence-electron chi connectivity index (χ2n) is 7.59. The summed E-state index contributed by atoms with van der Waals surface area (Å²) in [5.74, 6) is 2.28. The highest BCUT2D eigenvalue weighted by Gasteiger charge is 2.30. The van der Waals surface area contributed by atoms with Gasteiger partial charge in [0.2, 0.25) is 6.41 Å². The average molecular weight is 408 g/mol. The Morgan fingerprint density at radius 2 is 2.00 bits per heavy atom. The highest BCUT2D eigenvalue weighted by atomic mass is 16.5. The molecule has 0 unspecified atom stereocenters. The van der Waals surface area contributed by atoms with Crippen LogP contribution in [0, 0.1) is 6.92 Å². The Kier molecular flexibility index (Phi) is 5.57. The zero-order valence-electron chi connectivity index (χ0n) is 18.0. The quantitative estimate of drug-likeness (QED) is 0.596. The molecule has 2 heterocycles. The third-order valence-electron chi connectivity index (χ3n) is 5.98. The minimum Gasteiger partial charge on any atom is -0.497 e. The van der Waals surface area contributed by atoms with Gasteiger partial charge in [-0.3, -0.25) is 4.79 Å². The van der Waals surface area contributed by atoms with E-state index in [1.54, 1.807) is 14.2 Å². The van der Waals surface area contributed by atoms with Gasteiger partial charge in [-0.15, -0.1) is 0 Å². The summed E-state index contributed by atoms with van der Waals surface area (Å²) in [6, 6.07) is 10.1. The summed E-state index contributed by atoms with van der Waals surface area (Å²) in [6.45, 7) is 5.27. The number of hydrogen-bond acceptors (Lipinski definition) is 4. The van der Waals surface area contributed by atoms with Gasteiger partial charge in [0, 0.05) is 23.1 Å². The molecule has 1 atom stereocenters. The average Bonchev–Trinajstić information content (AvgIpc) is 3.08. The summed E-state index contributed by atoms with van der Waals surface area (Å²) >= 11 is 0. The molecule has 0 spiro atoms. The highest BCUT2D eigenvalue weighted by Crippen LogP contribution is 2.40. The minimum atomic E-state index is -0.0692. The standard InChI is InChI=1S/C24H28N2O4/c1-5-30-24-13-19-16(10-23(24)29-4)8-9-26(14-27)22(19)12-18-15(2)25-21-7-6-17(28-3)11-20(18)21/h6-7,10-11,13-14,22,25H,5,8-9,12H2,1-4H3/t22-/m0/s1. The van der Waals surface area contributed by atoms with E-state index in [-0.39, 0.29) is 6.04 Å². The Bertz CT molecular complexity index is 1070. The number of hydrogen-bond donors (Lipinski definition) is 1. The lowest BCUT2D eigenvalue weighted by molar-refractivity contribution is -0.120. The lowest BCUT2D eigenvalue weighted by Crippen LogP contribution is -2.35. The van der Waals surface area contributed by atoms with Crippen molar-refractivity contribution in [3.8, 4) is 17.2 Å². The van der Waals surface area contributed by atoms with Gasteiger partial charge in [-0.05, 0) is 73.7 Å². The molecule has 1 N–H and O–H groups in total. The minimum absolute atomic E-state index is 0.0692. The van der Waals surface area contributed by atoms with Crippen LogP contribution in [0.5, 0.6) is 17.2 Å². The van der Waals surface area contributed by atoms with Crippen molar-refractivity contribution < 1.29 is 19.0 Å². The molecule has 6 heteroatoms. The molecule has 30 heavy (non-hydrogen) atoms. The molecule has 0 saturated heterocycles. The number of rotatable bonds is 7. The number of carbonyl (C=O) groups is 1. The van der Waals surface area contributed by atoms with Crippen LogP contribution in [0.4, 0.5) is 0 Å². The second-order valence-corrected chi connectivity index (χ2v) is 7.59. The van der Waals surface area contributed by atoms with Crippen LogP contribution >= 0.6 is 0 Å². The molecule has 0 aliphatic carbocycles. The zero-order valence-corrected chi connectivity index (χ0v) is 18.0. The predicted molar refractivity (Wildman–Crippen MR) is 117 cm³/mol. The number of aromatic nitrogens is 1. The number of amides is 1. The maximum absolute atomic E-state index is 11.9. The van der Waals surface area contributed by atoms with E-state index >= 15 is 0 Å². The van der Waals surface area contributed by atoms with Gasteiger partial charge in [-0.2, -0.15) is 0 Å². The summed E-state index contributed by atoms with van der Waals surface area (Å²) in [5.41, 5.74) is 5.70. The van der Waals surface area contributed by atoms with Crippen molar-refractivity contribution in [2.75, 3.05) is 27.4 Å². The number of ether oxygens (including phenoxy) is 3. The van der Waals surface area contributed by atoms with Gasteiger partial charge >= 0.3 is 0 Å².